The summed E-state index contributed by atoms with van der Waals surface area (Å²) in [5.41, 5.74) is 3.11. The Labute approximate surface area is 199 Å². The molecule has 0 fully saturated rings. The van der Waals surface area contributed by atoms with E-state index in [2.05, 4.69) is 15.5 Å². The first-order valence-electron chi connectivity index (χ1n) is 10.3. The fraction of sp³-hybridized carbons (Fsp3) is 0.125. The molecule has 0 radical (unpaired) electrons. The van der Waals surface area contributed by atoms with Gasteiger partial charge in [-0.3, -0.25) is 19.5 Å². The number of carbonyl (C=O) groups excluding carboxylic acids is 1. The van der Waals surface area contributed by atoms with Crippen LogP contribution >= 0.6 is 11.8 Å². The number of nitrogens with one attached hydrogen (secondary N) is 1. The van der Waals surface area contributed by atoms with Crippen LogP contribution in [0.2, 0.25) is 0 Å². The number of carbonyl (C=O) groups is 1. The Morgan fingerprint density at radius 3 is 2.35 bits per heavy atom. The van der Waals surface area contributed by atoms with Crippen LogP contribution < -0.4 is 5.32 Å². The number of aromatic nitrogens is 3. The summed E-state index contributed by atoms with van der Waals surface area (Å²) in [7, 11) is 0. The number of halogens is 1. The Morgan fingerprint density at radius 1 is 1.03 bits per heavy atom. The summed E-state index contributed by atoms with van der Waals surface area (Å²) in [6.07, 6.45) is 0. The van der Waals surface area contributed by atoms with Gasteiger partial charge in [0.25, 0.3) is 11.6 Å². The fourth-order valence-corrected chi connectivity index (χ4v) is 4.11. The molecule has 0 aliphatic heterocycles. The summed E-state index contributed by atoms with van der Waals surface area (Å²) in [5, 5.41) is 22.8. The first-order chi connectivity index (χ1) is 16.4. The average molecular weight is 478 g/mol. The molecule has 8 nitrogen and oxygen atoms in total. The SMILES string of the molecule is Cc1ccc(-n2c(CNC(=O)c3ccc([N+](=O)[O-])cc3)nnc2SCc2ccc(F)cc2)cc1. The lowest BCUT2D eigenvalue weighted by Crippen LogP contribution is -2.24. The molecule has 4 rings (SSSR count). The molecule has 0 saturated carbocycles. The monoisotopic (exact) mass is 477 g/mol. The highest BCUT2D eigenvalue weighted by atomic mass is 32.2. The van der Waals surface area contributed by atoms with Crippen molar-refractivity contribution >= 4 is 23.4 Å². The van der Waals surface area contributed by atoms with E-state index in [1.165, 1.54) is 48.2 Å². The van der Waals surface area contributed by atoms with E-state index in [0.29, 0.717) is 22.3 Å². The summed E-state index contributed by atoms with van der Waals surface area (Å²) in [4.78, 5) is 22.9. The van der Waals surface area contributed by atoms with Gasteiger partial charge >= 0.3 is 0 Å². The lowest BCUT2D eigenvalue weighted by atomic mass is 10.2. The van der Waals surface area contributed by atoms with E-state index in [9.17, 15) is 19.3 Å². The minimum Gasteiger partial charge on any atom is -0.345 e. The quantitative estimate of drug-likeness (QED) is 0.221. The van der Waals surface area contributed by atoms with Crippen molar-refractivity contribution in [1.82, 2.24) is 20.1 Å². The first-order valence-corrected chi connectivity index (χ1v) is 11.3. The Kier molecular flexibility index (Phi) is 6.98. The largest absolute Gasteiger partial charge is 0.345 e. The zero-order chi connectivity index (χ0) is 24.1. The Morgan fingerprint density at radius 2 is 1.71 bits per heavy atom. The van der Waals surface area contributed by atoms with Crippen molar-refractivity contribution in [2.24, 2.45) is 0 Å². The standard InChI is InChI=1S/C24H20FN5O3S/c1-16-2-10-20(11-3-16)29-22(14-26-23(31)18-6-12-21(13-7-18)30(32)33)27-28-24(29)34-15-17-4-8-19(25)9-5-17/h2-13H,14-15H2,1H3,(H,26,31). The normalized spacial score (nSPS) is 10.8. The second-order valence-corrected chi connectivity index (χ2v) is 8.41. The summed E-state index contributed by atoms with van der Waals surface area (Å²) in [6.45, 7) is 2.10. The number of hydrogen-bond acceptors (Lipinski definition) is 6. The molecule has 1 aromatic heterocycles. The van der Waals surface area contributed by atoms with Crippen LogP contribution in [-0.2, 0) is 12.3 Å². The van der Waals surface area contributed by atoms with E-state index in [0.717, 1.165) is 16.8 Å². The molecule has 0 atom stereocenters. The maximum absolute atomic E-state index is 13.2. The van der Waals surface area contributed by atoms with Crippen molar-refractivity contribution in [2.45, 2.75) is 24.4 Å². The van der Waals surface area contributed by atoms with Crippen LogP contribution in [0, 0.1) is 22.9 Å². The van der Waals surface area contributed by atoms with E-state index in [1.54, 1.807) is 12.1 Å². The number of non-ortho nitro benzene ring substituents is 1. The van der Waals surface area contributed by atoms with Crippen LogP contribution in [-0.4, -0.2) is 25.6 Å². The van der Waals surface area contributed by atoms with Crippen molar-refractivity contribution in [3.05, 3.63) is 111 Å². The summed E-state index contributed by atoms with van der Waals surface area (Å²) < 4.78 is 15.1. The minimum absolute atomic E-state index is 0.0847. The van der Waals surface area contributed by atoms with Gasteiger partial charge in [-0.25, -0.2) is 4.39 Å². The predicted octanol–water partition coefficient (Wildman–Crippen LogP) is 4.85. The molecule has 0 bridgehead atoms. The van der Waals surface area contributed by atoms with Gasteiger partial charge in [-0.2, -0.15) is 0 Å². The van der Waals surface area contributed by atoms with Gasteiger partial charge in [0.05, 0.1) is 11.5 Å². The zero-order valence-electron chi connectivity index (χ0n) is 18.1. The van der Waals surface area contributed by atoms with Crippen molar-refractivity contribution in [1.29, 1.82) is 0 Å². The number of amides is 1. The molecule has 0 spiro atoms. The fourth-order valence-electron chi connectivity index (χ4n) is 3.19. The highest BCUT2D eigenvalue weighted by Crippen LogP contribution is 2.26. The number of benzene rings is 3. The molecule has 0 aliphatic carbocycles. The van der Waals surface area contributed by atoms with Crippen LogP contribution in [0.3, 0.4) is 0 Å². The number of thioether (sulfide) groups is 1. The van der Waals surface area contributed by atoms with Crippen LogP contribution in [0.1, 0.15) is 27.3 Å². The van der Waals surface area contributed by atoms with E-state index in [4.69, 9.17) is 0 Å². The van der Waals surface area contributed by atoms with Gasteiger partial charge in [-0.15, -0.1) is 10.2 Å². The topological polar surface area (TPSA) is 103 Å². The maximum atomic E-state index is 13.2. The molecule has 0 unspecified atom stereocenters. The van der Waals surface area contributed by atoms with E-state index in [1.807, 2.05) is 35.8 Å². The molecule has 1 N–H and O–H groups in total. The Balaban J connectivity index is 1.53. The molecule has 0 aliphatic rings. The second kappa shape index (κ2) is 10.3. The Bertz CT molecular complexity index is 1310. The number of rotatable bonds is 8. The lowest BCUT2D eigenvalue weighted by molar-refractivity contribution is -0.384. The van der Waals surface area contributed by atoms with Crippen LogP contribution in [0.15, 0.2) is 78.0 Å². The zero-order valence-corrected chi connectivity index (χ0v) is 19.0. The highest BCUT2D eigenvalue weighted by Gasteiger charge is 2.16. The number of aryl methyl sites for hydroxylation is 1. The summed E-state index contributed by atoms with van der Waals surface area (Å²) in [5.74, 6) is 0.427. The van der Waals surface area contributed by atoms with Gasteiger partial charge in [-0.1, -0.05) is 41.6 Å². The first kappa shape index (κ1) is 23.1. The van der Waals surface area contributed by atoms with Gasteiger partial charge in [0.15, 0.2) is 11.0 Å². The van der Waals surface area contributed by atoms with Crippen LogP contribution in [0.5, 0.6) is 0 Å². The third kappa shape index (κ3) is 5.46. The van der Waals surface area contributed by atoms with Crippen molar-refractivity contribution in [2.75, 3.05) is 0 Å². The van der Waals surface area contributed by atoms with E-state index in [-0.39, 0.29) is 24.0 Å². The molecular formula is C24H20FN5O3S. The second-order valence-electron chi connectivity index (χ2n) is 7.47. The number of nitro groups is 1. The molecule has 3 aromatic carbocycles. The minimum atomic E-state index is -0.517. The molecule has 34 heavy (non-hydrogen) atoms. The third-order valence-electron chi connectivity index (χ3n) is 5.02. The van der Waals surface area contributed by atoms with Crippen molar-refractivity contribution in [3.63, 3.8) is 0 Å². The van der Waals surface area contributed by atoms with E-state index < -0.39 is 4.92 Å². The smallest absolute Gasteiger partial charge is 0.269 e. The van der Waals surface area contributed by atoms with Gasteiger partial charge in [0, 0.05) is 29.1 Å². The molecule has 172 valence electrons. The molecule has 0 saturated heterocycles. The van der Waals surface area contributed by atoms with Gasteiger partial charge < -0.3 is 5.32 Å². The molecule has 1 amide bonds. The van der Waals surface area contributed by atoms with E-state index >= 15 is 0 Å². The van der Waals surface area contributed by atoms with Crippen LogP contribution in [0.4, 0.5) is 10.1 Å². The Hall–Kier alpha value is -4.05. The molecule has 1 heterocycles. The highest BCUT2D eigenvalue weighted by molar-refractivity contribution is 7.98. The lowest BCUT2D eigenvalue weighted by Gasteiger charge is -2.11. The number of nitro benzene ring substituents is 1. The molecular weight excluding hydrogens is 457 g/mol. The number of hydrogen-bond donors (Lipinski definition) is 1. The molecule has 4 aromatic rings. The van der Waals surface area contributed by atoms with Gasteiger partial charge in [0.1, 0.15) is 5.82 Å². The number of nitrogens with zero attached hydrogens (tertiary/aromatic N) is 4. The molecule has 10 heteroatoms. The average Bonchev–Trinajstić information content (AvgIpc) is 3.25. The van der Waals surface area contributed by atoms with Gasteiger partial charge in [0.2, 0.25) is 0 Å². The predicted molar refractivity (Wildman–Crippen MR) is 126 cm³/mol. The summed E-state index contributed by atoms with van der Waals surface area (Å²) >= 11 is 1.45. The van der Waals surface area contributed by atoms with Gasteiger partial charge in [-0.05, 0) is 48.9 Å². The maximum Gasteiger partial charge on any atom is 0.269 e. The third-order valence-corrected chi connectivity index (χ3v) is 6.02. The van der Waals surface area contributed by atoms with Crippen LogP contribution in [0.25, 0.3) is 5.69 Å². The van der Waals surface area contributed by atoms with Crippen molar-refractivity contribution < 1.29 is 14.1 Å². The summed E-state index contributed by atoms with van der Waals surface area (Å²) in [6, 6.07) is 19.5. The van der Waals surface area contributed by atoms with Crippen molar-refractivity contribution in [3.8, 4) is 5.69 Å².